The molecule has 1 N–H and O–H groups in total. The molecule has 0 bridgehead atoms. The zero-order chi connectivity index (χ0) is 25.1. The first kappa shape index (κ1) is 23.7. The van der Waals surface area contributed by atoms with E-state index in [0.717, 1.165) is 4.90 Å². The molecule has 2 amide bonds. The third-order valence-electron chi connectivity index (χ3n) is 4.99. The van der Waals surface area contributed by atoms with Crippen LogP contribution in [0.5, 0.6) is 5.75 Å². The van der Waals surface area contributed by atoms with Crippen molar-refractivity contribution in [3.63, 3.8) is 0 Å². The first-order valence-electron chi connectivity index (χ1n) is 10.1. The van der Waals surface area contributed by atoms with E-state index in [-0.39, 0.29) is 33.3 Å². The maximum Gasteiger partial charge on any atom is 0.343 e. The van der Waals surface area contributed by atoms with Crippen molar-refractivity contribution >= 4 is 46.7 Å². The molecular formula is C25H16ClFN2O6. The molecule has 0 aromatic heterocycles. The number of methoxy groups -OCH3 is 1. The number of carbonyl (C=O) groups excluding carboxylic acids is 4. The number of esters is 2. The van der Waals surface area contributed by atoms with Crippen molar-refractivity contribution in [3.8, 4) is 5.75 Å². The van der Waals surface area contributed by atoms with Crippen LogP contribution < -0.4 is 15.0 Å². The van der Waals surface area contributed by atoms with Gasteiger partial charge < -0.3 is 14.8 Å². The molecule has 0 aliphatic carbocycles. The molecule has 8 nitrogen and oxygen atoms in total. The minimum atomic E-state index is -0.810. The molecule has 10 heteroatoms. The third kappa shape index (κ3) is 4.75. The maximum absolute atomic E-state index is 13.0. The van der Waals surface area contributed by atoms with Crippen molar-refractivity contribution in [1.82, 2.24) is 0 Å². The summed E-state index contributed by atoms with van der Waals surface area (Å²) in [6, 6.07) is 16.8. The van der Waals surface area contributed by atoms with Crippen molar-refractivity contribution in [2.24, 2.45) is 0 Å². The summed E-state index contributed by atoms with van der Waals surface area (Å²) in [6.07, 6.45) is 0. The minimum absolute atomic E-state index is 0.0198. The van der Waals surface area contributed by atoms with E-state index in [2.05, 4.69) is 5.32 Å². The number of para-hydroxylation sites is 1. The van der Waals surface area contributed by atoms with E-state index >= 15 is 0 Å². The Labute approximate surface area is 203 Å². The van der Waals surface area contributed by atoms with Gasteiger partial charge in [0.1, 0.15) is 22.3 Å². The Morgan fingerprint density at radius 1 is 0.886 bits per heavy atom. The van der Waals surface area contributed by atoms with Crippen LogP contribution in [0.2, 0.25) is 0 Å². The van der Waals surface area contributed by atoms with Gasteiger partial charge in [0.05, 0.1) is 23.9 Å². The number of anilines is 2. The van der Waals surface area contributed by atoms with Gasteiger partial charge in [-0.1, -0.05) is 23.7 Å². The standard InChI is InChI=1S/C25H16ClFN2O6/c1-34-25(33)18-4-2-3-5-19(18)29-22(30)20(26)21(23(29)31)28-16-10-6-14(7-11-16)24(32)35-17-12-8-15(27)9-13-17/h2-13,28H,1H3. The van der Waals surface area contributed by atoms with Gasteiger partial charge in [-0.05, 0) is 60.7 Å². The molecule has 3 aromatic carbocycles. The Balaban J connectivity index is 1.51. The van der Waals surface area contributed by atoms with E-state index in [1.807, 2.05) is 0 Å². The van der Waals surface area contributed by atoms with Gasteiger partial charge in [-0.15, -0.1) is 0 Å². The van der Waals surface area contributed by atoms with Gasteiger partial charge >= 0.3 is 11.9 Å². The van der Waals surface area contributed by atoms with Crippen LogP contribution in [0.25, 0.3) is 0 Å². The summed E-state index contributed by atoms with van der Waals surface area (Å²) < 4.78 is 22.9. The van der Waals surface area contributed by atoms with E-state index in [0.29, 0.717) is 5.69 Å². The van der Waals surface area contributed by atoms with E-state index in [9.17, 15) is 23.6 Å². The predicted molar refractivity (Wildman–Crippen MR) is 125 cm³/mol. The Morgan fingerprint density at radius 3 is 2.20 bits per heavy atom. The van der Waals surface area contributed by atoms with Crippen LogP contribution in [-0.4, -0.2) is 30.9 Å². The Hall–Kier alpha value is -4.50. The van der Waals surface area contributed by atoms with Crippen LogP contribution in [0.1, 0.15) is 20.7 Å². The van der Waals surface area contributed by atoms with Gasteiger partial charge in [-0.2, -0.15) is 0 Å². The van der Waals surface area contributed by atoms with Gasteiger partial charge in [0.15, 0.2) is 0 Å². The lowest BCUT2D eigenvalue weighted by Crippen LogP contribution is -2.33. The van der Waals surface area contributed by atoms with Crippen LogP contribution in [-0.2, 0) is 14.3 Å². The molecule has 1 heterocycles. The highest BCUT2D eigenvalue weighted by Gasteiger charge is 2.40. The number of rotatable bonds is 6. The third-order valence-corrected chi connectivity index (χ3v) is 5.34. The molecule has 0 atom stereocenters. The second-order valence-corrected chi connectivity index (χ2v) is 7.57. The number of hydrogen-bond acceptors (Lipinski definition) is 7. The highest BCUT2D eigenvalue weighted by Crippen LogP contribution is 2.32. The average Bonchev–Trinajstić information content (AvgIpc) is 3.08. The van der Waals surface area contributed by atoms with Gasteiger partial charge in [0.25, 0.3) is 11.8 Å². The Morgan fingerprint density at radius 2 is 1.54 bits per heavy atom. The number of halogens is 2. The topological polar surface area (TPSA) is 102 Å². The predicted octanol–water partition coefficient (Wildman–Crippen LogP) is 4.27. The highest BCUT2D eigenvalue weighted by molar-refractivity contribution is 6.53. The number of ether oxygens (including phenoxy) is 2. The largest absolute Gasteiger partial charge is 0.465 e. The number of benzene rings is 3. The second-order valence-electron chi connectivity index (χ2n) is 7.19. The lowest BCUT2D eigenvalue weighted by atomic mass is 10.1. The van der Waals surface area contributed by atoms with Crippen LogP contribution in [0.4, 0.5) is 15.8 Å². The number of hydrogen-bond donors (Lipinski definition) is 1. The first-order chi connectivity index (χ1) is 16.8. The van der Waals surface area contributed by atoms with Crippen LogP contribution in [0, 0.1) is 5.82 Å². The average molecular weight is 495 g/mol. The Kier molecular flexibility index (Phi) is 6.61. The zero-order valence-electron chi connectivity index (χ0n) is 18.1. The molecule has 0 unspecified atom stereocenters. The minimum Gasteiger partial charge on any atom is -0.465 e. The Bertz CT molecular complexity index is 1370. The zero-order valence-corrected chi connectivity index (χ0v) is 18.8. The quantitative estimate of drug-likeness (QED) is 0.310. The summed E-state index contributed by atoms with van der Waals surface area (Å²) in [4.78, 5) is 51.0. The van der Waals surface area contributed by atoms with Gasteiger partial charge in [0.2, 0.25) is 0 Å². The van der Waals surface area contributed by atoms with Crippen molar-refractivity contribution in [3.05, 3.63) is 100 Å². The summed E-state index contributed by atoms with van der Waals surface area (Å²) in [5, 5.41) is 2.41. The number of imide groups is 1. The summed E-state index contributed by atoms with van der Waals surface area (Å²) in [7, 11) is 1.18. The molecular weight excluding hydrogens is 479 g/mol. The summed E-state index contributed by atoms with van der Waals surface area (Å²) in [5.41, 5.74) is 0.413. The van der Waals surface area contributed by atoms with Gasteiger partial charge in [-0.3, -0.25) is 9.59 Å². The molecule has 0 radical (unpaired) electrons. The molecule has 0 saturated heterocycles. The highest BCUT2D eigenvalue weighted by atomic mass is 35.5. The SMILES string of the molecule is COC(=O)c1ccccc1N1C(=O)C(Cl)=C(Nc2ccc(C(=O)Oc3ccc(F)cc3)cc2)C1=O. The molecule has 4 rings (SSSR count). The summed E-state index contributed by atoms with van der Waals surface area (Å²) >= 11 is 6.16. The molecule has 3 aromatic rings. The fourth-order valence-electron chi connectivity index (χ4n) is 3.28. The lowest BCUT2D eigenvalue weighted by molar-refractivity contribution is -0.120. The van der Waals surface area contributed by atoms with Gasteiger partial charge in [-0.25, -0.2) is 18.9 Å². The monoisotopic (exact) mass is 494 g/mol. The van der Waals surface area contributed by atoms with E-state index in [1.165, 1.54) is 67.8 Å². The van der Waals surface area contributed by atoms with E-state index in [4.69, 9.17) is 21.1 Å². The summed E-state index contributed by atoms with van der Waals surface area (Å²) in [5.74, 6) is -3.25. The number of amides is 2. The van der Waals surface area contributed by atoms with E-state index < -0.39 is 29.6 Å². The van der Waals surface area contributed by atoms with Gasteiger partial charge in [0, 0.05) is 5.69 Å². The number of nitrogens with zero attached hydrogens (tertiary/aromatic N) is 1. The molecule has 0 spiro atoms. The fourth-order valence-corrected chi connectivity index (χ4v) is 3.50. The molecule has 0 saturated carbocycles. The van der Waals surface area contributed by atoms with Crippen molar-refractivity contribution in [2.75, 3.05) is 17.3 Å². The summed E-state index contributed by atoms with van der Waals surface area (Å²) in [6.45, 7) is 0. The lowest BCUT2D eigenvalue weighted by Gasteiger charge is -2.17. The molecule has 0 fully saturated rings. The fraction of sp³-hybridized carbons (Fsp3) is 0.0400. The van der Waals surface area contributed by atoms with Crippen molar-refractivity contribution in [1.29, 1.82) is 0 Å². The van der Waals surface area contributed by atoms with Crippen molar-refractivity contribution < 1.29 is 33.0 Å². The first-order valence-corrected chi connectivity index (χ1v) is 10.5. The number of carbonyl (C=O) groups is 4. The van der Waals surface area contributed by atoms with Crippen molar-refractivity contribution in [2.45, 2.75) is 0 Å². The van der Waals surface area contributed by atoms with Crippen LogP contribution in [0.15, 0.2) is 83.5 Å². The normalized spacial score (nSPS) is 13.2. The molecule has 176 valence electrons. The second kappa shape index (κ2) is 9.78. The molecule has 1 aliphatic rings. The van der Waals surface area contributed by atoms with E-state index in [1.54, 1.807) is 12.1 Å². The molecule has 35 heavy (non-hydrogen) atoms. The van der Waals surface area contributed by atoms with Crippen LogP contribution in [0.3, 0.4) is 0 Å². The van der Waals surface area contributed by atoms with Crippen LogP contribution >= 0.6 is 11.6 Å². The number of nitrogens with one attached hydrogen (secondary N) is 1. The molecule has 1 aliphatic heterocycles. The maximum atomic E-state index is 13.0. The smallest absolute Gasteiger partial charge is 0.343 e.